The van der Waals surface area contributed by atoms with Gasteiger partial charge in [0.05, 0.1) is 6.61 Å². The number of methoxy groups -OCH3 is 1. The van der Waals surface area contributed by atoms with E-state index in [1.165, 1.54) is 7.11 Å². The second-order valence-electron chi connectivity index (χ2n) is 2.95. The molecule has 1 heterocycles. The molecule has 0 unspecified atom stereocenters. The normalized spacial score (nSPS) is 11.3. The highest BCUT2D eigenvalue weighted by Crippen LogP contribution is 2.21. The lowest BCUT2D eigenvalue weighted by Gasteiger charge is -2.05. The lowest BCUT2D eigenvalue weighted by Crippen LogP contribution is -2.08. The summed E-state index contributed by atoms with van der Waals surface area (Å²) in [5, 5.41) is 15.8. The summed E-state index contributed by atoms with van der Waals surface area (Å²) in [5.74, 6) is 0. The number of aryl methyl sites for hydroxylation is 1. The first kappa shape index (κ1) is 12.0. The first-order valence-electron chi connectivity index (χ1n) is 4.51. The maximum Gasteiger partial charge on any atom is 0.282 e. The molecule has 0 amide bonds. The van der Waals surface area contributed by atoms with E-state index in [-0.39, 0.29) is 11.4 Å². The Morgan fingerprint density at radius 1 is 1.53 bits per heavy atom. The van der Waals surface area contributed by atoms with Crippen molar-refractivity contribution in [3.05, 3.63) is 11.4 Å². The molecule has 0 fully saturated rings. The van der Waals surface area contributed by atoms with Crippen molar-refractivity contribution >= 4 is 0 Å². The van der Waals surface area contributed by atoms with Crippen molar-refractivity contribution in [1.29, 1.82) is 0 Å². The molecule has 0 radical (unpaired) electrons. The molecule has 0 aliphatic rings. The van der Waals surface area contributed by atoms with Gasteiger partial charge in [-0.3, -0.25) is 0 Å². The van der Waals surface area contributed by atoms with E-state index in [4.69, 9.17) is 9.84 Å². The number of aliphatic hydroxyl groups is 1. The van der Waals surface area contributed by atoms with Gasteiger partial charge in [0, 0.05) is 20.3 Å². The molecule has 5 nitrogen and oxygen atoms in total. The predicted molar refractivity (Wildman–Crippen MR) is 47.4 cm³/mol. The summed E-state index contributed by atoms with van der Waals surface area (Å²) in [7, 11) is 1.54. The number of alkyl halides is 2. The van der Waals surface area contributed by atoms with Gasteiger partial charge in [0.2, 0.25) is 0 Å². The smallest absolute Gasteiger partial charge is 0.282 e. The molecular weight excluding hydrogens is 208 g/mol. The van der Waals surface area contributed by atoms with E-state index in [9.17, 15) is 8.78 Å². The minimum atomic E-state index is -2.68. The van der Waals surface area contributed by atoms with Crippen LogP contribution < -0.4 is 0 Å². The summed E-state index contributed by atoms with van der Waals surface area (Å²) < 4.78 is 31.1. The van der Waals surface area contributed by atoms with Crippen LogP contribution in [0.15, 0.2) is 0 Å². The van der Waals surface area contributed by atoms with Crippen LogP contribution in [0.4, 0.5) is 8.78 Å². The third kappa shape index (κ3) is 2.93. The summed E-state index contributed by atoms with van der Waals surface area (Å²) >= 11 is 0. The van der Waals surface area contributed by atoms with Crippen LogP contribution in [0.2, 0.25) is 0 Å². The van der Waals surface area contributed by atoms with Crippen molar-refractivity contribution in [1.82, 2.24) is 15.0 Å². The van der Waals surface area contributed by atoms with Crippen LogP contribution >= 0.6 is 0 Å². The molecule has 0 aromatic carbocycles. The molecule has 0 spiro atoms. The number of rotatable bonds is 6. The molecular formula is C8H13F2N3O2. The van der Waals surface area contributed by atoms with E-state index in [0.29, 0.717) is 19.6 Å². The average Bonchev–Trinajstić information content (AvgIpc) is 2.61. The molecule has 86 valence electrons. The van der Waals surface area contributed by atoms with Gasteiger partial charge in [-0.15, -0.1) is 5.10 Å². The van der Waals surface area contributed by atoms with Gasteiger partial charge in [-0.1, -0.05) is 5.21 Å². The van der Waals surface area contributed by atoms with Crippen LogP contribution in [0.1, 0.15) is 24.2 Å². The second-order valence-corrected chi connectivity index (χ2v) is 2.95. The van der Waals surface area contributed by atoms with Gasteiger partial charge in [-0.05, 0) is 6.42 Å². The lowest BCUT2D eigenvalue weighted by atomic mass is 10.3. The third-order valence-corrected chi connectivity index (χ3v) is 1.92. The molecule has 0 aliphatic carbocycles. The number of halogens is 2. The summed E-state index contributed by atoms with van der Waals surface area (Å²) in [6.07, 6.45) is -2.10. The van der Waals surface area contributed by atoms with Crippen LogP contribution in [0, 0.1) is 0 Å². The maximum atomic E-state index is 12.6. The Morgan fingerprint density at radius 3 is 2.80 bits per heavy atom. The van der Waals surface area contributed by atoms with Crippen LogP contribution in [0.25, 0.3) is 0 Å². The molecule has 0 saturated heterocycles. The molecule has 0 atom stereocenters. The fourth-order valence-electron chi connectivity index (χ4n) is 1.23. The van der Waals surface area contributed by atoms with E-state index in [0.717, 1.165) is 4.68 Å². The first-order chi connectivity index (χ1) is 7.20. The Morgan fingerprint density at radius 2 is 2.27 bits per heavy atom. The molecule has 0 saturated carbocycles. The standard InChI is InChI=1S/C8H13F2N3O2/c1-15-4-2-3-13-7(8(9)10)6(5-14)11-12-13/h8,14H,2-5H2,1H3. The predicted octanol–water partition coefficient (Wildman–Crippen LogP) is 0.745. The highest BCUT2D eigenvalue weighted by atomic mass is 19.3. The van der Waals surface area contributed by atoms with Gasteiger partial charge in [-0.25, -0.2) is 13.5 Å². The molecule has 15 heavy (non-hydrogen) atoms. The van der Waals surface area contributed by atoms with E-state index in [2.05, 4.69) is 10.3 Å². The van der Waals surface area contributed by atoms with Gasteiger partial charge in [0.25, 0.3) is 6.43 Å². The molecule has 1 N–H and O–H groups in total. The van der Waals surface area contributed by atoms with Gasteiger partial charge < -0.3 is 9.84 Å². The largest absolute Gasteiger partial charge is 0.390 e. The summed E-state index contributed by atoms with van der Waals surface area (Å²) in [6, 6.07) is 0. The summed E-state index contributed by atoms with van der Waals surface area (Å²) in [6.45, 7) is 0.251. The molecule has 1 aromatic heterocycles. The zero-order valence-corrected chi connectivity index (χ0v) is 8.36. The zero-order valence-electron chi connectivity index (χ0n) is 8.36. The molecule has 0 bridgehead atoms. The molecule has 7 heteroatoms. The topological polar surface area (TPSA) is 60.2 Å². The molecule has 1 rings (SSSR count). The Labute approximate surface area is 85.7 Å². The van der Waals surface area contributed by atoms with Crippen molar-refractivity contribution in [3.8, 4) is 0 Å². The fourth-order valence-corrected chi connectivity index (χ4v) is 1.23. The highest BCUT2D eigenvalue weighted by molar-refractivity contribution is 5.10. The minimum Gasteiger partial charge on any atom is -0.390 e. The van der Waals surface area contributed by atoms with E-state index >= 15 is 0 Å². The number of aliphatic hydroxyl groups excluding tert-OH is 1. The maximum absolute atomic E-state index is 12.6. The van der Waals surface area contributed by atoms with Crippen molar-refractivity contribution in [3.63, 3.8) is 0 Å². The molecule has 1 aromatic rings. The first-order valence-corrected chi connectivity index (χ1v) is 4.51. The second kappa shape index (κ2) is 5.72. The quantitative estimate of drug-likeness (QED) is 0.720. The van der Waals surface area contributed by atoms with Crippen molar-refractivity contribution in [2.75, 3.05) is 13.7 Å². The van der Waals surface area contributed by atoms with Crippen LogP contribution in [-0.4, -0.2) is 33.8 Å². The Kier molecular flexibility index (Phi) is 4.57. The molecule has 0 aliphatic heterocycles. The summed E-state index contributed by atoms with van der Waals surface area (Å²) in [4.78, 5) is 0. The number of nitrogens with zero attached hydrogens (tertiary/aromatic N) is 3. The van der Waals surface area contributed by atoms with E-state index in [1.54, 1.807) is 0 Å². The van der Waals surface area contributed by atoms with E-state index < -0.39 is 13.0 Å². The summed E-state index contributed by atoms with van der Waals surface area (Å²) in [5.41, 5.74) is -0.379. The third-order valence-electron chi connectivity index (χ3n) is 1.92. The van der Waals surface area contributed by atoms with Crippen LogP contribution in [-0.2, 0) is 17.9 Å². The van der Waals surface area contributed by atoms with Crippen LogP contribution in [0.3, 0.4) is 0 Å². The number of hydrogen-bond acceptors (Lipinski definition) is 4. The SMILES string of the molecule is COCCCn1nnc(CO)c1C(F)F. The van der Waals surface area contributed by atoms with E-state index in [1.807, 2.05) is 0 Å². The monoisotopic (exact) mass is 221 g/mol. The Hall–Kier alpha value is -1.08. The highest BCUT2D eigenvalue weighted by Gasteiger charge is 2.20. The zero-order chi connectivity index (χ0) is 11.3. The van der Waals surface area contributed by atoms with Crippen LogP contribution in [0.5, 0.6) is 0 Å². The fraction of sp³-hybridized carbons (Fsp3) is 0.750. The lowest BCUT2D eigenvalue weighted by molar-refractivity contribution is 0.132. The number of aromatic nitrogens is 3. The number of hydrogen-bond donors (Lipinski definition) is 1. The van der Waals surface area contributed by atoms with Crippen molar-refractivity contribution in [2.45, 2.75) is 26.0 Å². The number of ether oxygens (including phenoxy) is 1. The van der Waals surface area contributed by atoms with Crippen molar-refractivity contribution < 1.29 is 18.6 Å². The Balaban J connectivity index is 2.73. The van der Waals surface area contributed by atoms with Gasteiger partial charge >= 0.3 is 0 Å². The van der Waals surface area contributed by atoms with Gasteiger partial charge in [0.1, 0.15) is 11.4 Å². The van der Waals surface area contributed by atoms with Crippen molar-refractivity contribution in [2.24, 2.45) is 0 Å². The Bertz CT molecular complexity index is 304. The minimum absolute atomic E-state index is 0.0672. The average molecular weight is 221 g/mol. The van der Waals surface area contributed by atoms with Gasteiger partial charge in [-0.2, -0.15) is 0 Å². The van der Waals surface area contributed by atoms with Gasteiger partial charge in [0.15, 0.2) is 0 Å².